The molecule has 7 aromatic rings. The number of rotatable bonds is 11. The van der Waals surface area contributed by atoms with E-state index < -0.39 is 10.5 Å². The van der Waals surface area contributed by atoms with E-state index >= 15 is 0 Å². The monoisotopic (exact) mass is 728 g/mol. The second kappa shape index (κ2) is 15.6. The van der Waals surface area contributed by atoms with E-state index in [4.69, 9.17) is 14.7 Å². The highest BCUT2D eigenvalue weighted by Gasteiger charge is 2.42. The Morgan fingerprint density at radius 1 is 0.727 bits per heavy atom. The highest BCUT2D eigenvalue weighted by molar-refractivity contribution is 5.95. The second-order valence-corrected chi connectivity index (χ2v) is 13.1. The molecule has 11 nitrogen and oxygen atoms in total. The molecule has 6 aromatic carbocycles. The lowest BCUT2D eigenvalue weighted by Crippen LogP contribution is -2.40. The number of aromatic nitrogens is 4. The smallest absolute Gasteiger partial charge is 0.310 e. The Kier molecular flexibility index (Phi) is 9.92. The summed E-state index contributed by atoms with van der Waals surface area (Å²) in [4.78, 5) is 26.2. The molecular weight excluding hydrogens is 693 g/mol. The van der Waals surface area contributed by atoms with Crippen molar-refractivity contribution in [2.24, 2.45) is 0 Å². The highest BCUT2D eigenvalue weighted by Crippen LogP contribution is 2.43. The zero-order valence-corrected chi connectivity index (χ0v) is 29.8. The first kappa shape index (κ1) is 35.1. The molecule has 0 saturated carbocycles. The van der Waals surface area contributed by atoms with E-state index in [1.807, 2.05) is 108 Å². The largest absolute Gasteiger partial charge is 0.482 e. The van der Waals surface area contributed by atoms with E-state index in [1.54, 1.807) is 4.90 Å². The summed E-state index contributed by atoms with van der Waals surface area (Å²) < 4.78 is 13.3. The van der Waals surface area contributed by atoms with Gasteiger partial charge in [0.2, 0.25) is 0 Å². The normalized spacial score (nSPS) is 13.0. The first-order chi connectivity index (χ1) is 27.0. The fourth-order valence-corrected chi connectivity index (χ4v) is 7.22. The van der Waals surface area contributed by atoms with Gasteiger partial charge < -0.3 is 14.4 Å². The third kappa shape index (κ3) is 6.84. The van der Waals surface area contributed by atoms with E-state index in [9.17, 15) is 14.9 Å². The maximum atomic E-state index is 13.1. The molecule has 2 heterocycles. The predicted octanol–water partition coefficient (Wildman–Crippen LogP) is 7.81. The number of tetrazole rings is 1. The molecule has 8 rings (SSSR count). The minimum atomic E-state index is -0.913. The van der Waals surface area contributed by atoms with Crippen molar-refractivity contribution in [3.8, 4) is 28.3 Å². The Hall–Kier alpha value is -6.98. The molecule has 1 saturated heterocycles. The van der Waals surface area contributed by atoms with Crippen molar-refractivity contribution in [1.29, 1.82) is 0 Å². The average Bonchev–Trinajstić information content (AvgIpc) is 3.74. The van der Waals surface area contributed by atoms with Crippen molar-refractivity contribution in [3.05, 3.63) is 196 Å². The van der Waals surface area contributed by atoms with Crippen molar-refractivity contribution < 1.29 is 19.2 Å². The van der Waals surface area contributed by atoms with Crippen molar-refractivity contribution in [2.75, 3.05) is 26.3 Å². The number of benzene rings is 6. The lowest BCUT2D eigenvalue weighted by atomic mass is 9.77. The van der Waals surface area contributed by atoms with Crippen molar-refractivity contribution in [2.45, 2.75) is 12.1 Å². The van der Waals surface area contributed by atoms with Crippen LogP contribution >= 0.6 is 0 Å². The quantitative estimate of drug-likeness (QED) is 0.0751. The summed E-state index contributed by atoms with van der Waals surface area (Å²) in [6, 6.07) is 50.8. The Labute approximate surface area is 317 Å². The minimum Gasteiger partial charge on any atom is -0.482 e. The standard InChI is InChI=1S/C44H36N6O5/c51-43(48-26-28-54-29-27-48)34-24-25-40(50(52)53)41(30-34)55-31-32-20-22-33(23-21-32)38-18-10-11-19-39(38)42-45-46-47-49(42)44(35-12-4-1-5-13-35,36-14-6-2-7-15-36)37-16-8-3-9-17-37/h1-25,30H,26-29,31H2. The summed E-state index contributed by atoms with van der Waals surface area (Å²) in [5.41, 5.74) is 5.66. The molecule has 272 valence electrons. The van der Waals surface area contributed by atoms with Gasteiger partial charge in [0, 0.05) is 36.3 Å². The van der Waals surface area contributed by atoms with Crippen molar-refractivity contribution in [3.63, 3.8) is 0 Å². The summed E-state index contributed by atoms with van der Waals surface area (Å²) >= 11 is 0. The average molecular weight is 729 g/mol. The van der Waals surface area contributed by atoms with Crippen LogP contribution < -0.4 is 4.74 Å². The lowest BCUT2D eigenvalue weighted by Gasteiger charge is -2.36. The van der Waals surface area contributed by atoms with Gasteiger partial charge in [-0.2, -0.15) is 0 Å². The Balaban J connectivity index is 1.13. The highest BCUT2D eigenvalue weighted by atomic mass is 16.6. The molecule has 0 bridgehead atoms. The zero-order valence-electron chi connectivity index (χ0n) is 29.8. The van der Waals surface area contributed by atoms with Crippen molar-refractivity contribution >= 4 is 11.6 Å². The Bertz CT molecular complexity index is 2320. The van der Waals surface area contributed by atoms with Crippen LogP contribution in [0.5, 0.6) is 5.75 Å². The van der Waals surface area contributed by atoms with E-state index in [0.29, 0.717) is 37.7 Å². The summed E-state index contributed by atoms with van der Waals surface area (Å²) in [5, 5.41) is 25.5. The van der Waals surface area contributed by atoms with Gasteiger partial charge >= 0.3 is 5.69 Å². The molecule has 1 amide bonds. The van der Waals surface area contributed by atoms with Gasteiger partial charge in [-0.15, -0.1) is 5.10 Å². The predicted molar refractivity (Wildman–Crippen MR) is 207 cm³/mol. The molecular formula is C44H36N6O5. The van der Waals surface area contributed by atoms with E-state index in [1.165, 1.54) is 18.2 Å². The number of nitro benzene ring substituents is 1. The summed E-state index contributed by atoms with van der Waals surface area (Å²) in [5.74, 6) is 0.396. The van der Waals surface area contributed by atoms with Gasteiger partial charge in [0.1, 0.15) is 12.1 Å². The van der Waals surface area contributed by atoms with Crippen LogP contribution in [0.1, 0.15) is 32.6 Å². The van der Waals surface area contributed by atoms with Crippen LogP contribution in [0.4, 0.5) is 5.69 Å². The maximum Gasteiger partial charge on any atom is 0.310 e. The molecule has 0 unspecified atom stereocenters. The molecule has 0 spiro atoms. The van der Waals surface area contributed by atoms with E-state index in [2.05, 4.69) is 46.7 Å². The number of carbonyl (C=O) groups is 1. The molecule has 1 aliphatic rings. The molecule has 1 aliphatic heterocycles. The van der Waals surface area contributed by atoms with Gasteiger partial charge in [-0.25, -0.2) is 4.68 Å². The summed E-state index contributed by atoms with van der Waals surface area (Å²) in [6.07, 6.45) is 0. The SMILES string of the molecule is O=C(c1ccc([N+](=O)[O-])c(OCc2ccc(-c3ccccc3-c3nnnn3C(c3ccccc3)(c3ccccc3)c3ccccc3)cc2)c1)N1CCOCC1. The fourth-order valence-electron chi connectivity index (χ4n) is 7.22. The summed E-state index contributed by atoms with van der Waals surface area (Å²) in [7, 11) is 0. The van der Waals surface area contributed by atoms with Crippen LogP contribution in [0.3, 0.4) is 0 Å². The van der Waals surface area contributed by atoms with Gasteiger partial charge in [-0.1, -0.05) is 140 Å². The van der Waals surface area contributed by atoms with Gasteiger partial charge in [-0.3, -0.25) is 14.9 Å². The van der Waals surface area contributed by atoms with Crippen molar-refractivity contribution in [1.82, 2.24) is 25.1 Å². The summed E-state index contributed by atoms with van der Waals surface area (Å²) in [6.45, 7) is 1.89. The van der Waals surface area contributed by atoms with Gasteiger partial charge in [0.05, 0.1) is 18.1 Å². The number of nitro groups is 1. The van der Waals surface area contributed by atoms with Gasteiger partial charge in [0.15, 0.2) is 11.6 Å². The topological polar surface area (TPSA) is 126 Å². The number of ether oxygens (including phenoxy) is 2. The third-order valence-electron chi connectivity index (χ3n) is 9.89. The zero-order chi connectivity index (χ0) is 37.6. The maximum absolute atomic E-state index is 13.1. The van der Waals surface area contributed by atoms with E-state index in [0.717, 1.165) is 38.9 Å². The molecule has 11 heteroatoms. The van der Waals surface area contributed by atoms with Crippen LogP contribution in [0.2, 0.25) is 0 Å². The first-order valence-corrected chi connectivity index (χ1v) is 18.0. The Morgan fingerprint density at radius 3 is 1.87 bits per heavy atom. The molecule has 1 fully saturated rings. The van der Waals surface area contributed by atoms with Crippen LogP contribution in [-0.4, -0.2) is 62.2 Å². The molecule has 0 N–H and O–H groups in total. The number of hydrogen-bond donors (Lipinski definition) is 0. The number of nitrogens with zero attached hydrogens (tertiary/aromatic N) is 6. The molecule has 0 atom stereocenters. The number of hydrogen-bond acceptors (Lipinski definition) is 8. The first-order valence-electron chi connectivity index (χ1n) is 18.0. The van der Waals surface area contributed by atoms with Crippen LogP contribution in [0, 0.1) is 10.1 Å². The third-order valence-corrected chi connectivity index (χ3v) is 9.89. The second-order valence-electron chi connectivity index (χ2n) is 13.1. The molecule has 55 heavy (non-hydrogen) atoms. The van der Waals surface area contributed by atoms with Gasteiger partial charge in [0.25, 0.3) is 5.91 Å². The Morgan fingerprint density at radius 2 is 1.29 bits per heavy atom. The fraction of sp³-hybridized carbons (Fsp3) is 0.136. The van der Waals surface area contributed by atoms with Crippen LogP contribution in [-0.2, 0) is 16.9 Å². The lowest BCUT2D eigenvalue weighted by molar-refractivity contribution is -0.385. The molecule has 0 aliphatic carbocycles. The number of carbonyl (C=O) groups excluding carboxylic acids is 1. The van der Waals surface area contributed by atoms with Crippen LogP contribution in [0.25, 0.3) is 22.5 Å². The van der Waals surface area contributed by atoms with Crippen LogP contribution in [0.15, 0.2) is 158 Å². The minimum absolute atomic E-state index is 0.0316. The number of morpholine rings is 1. The van der Waals surface area contributed by atoms with Gasteiger partial charge in [-0.05, 0) is 49.9 Å². The van der Waals surface area contributed by atoms with E-state index in [-0.39, 0.29) is 24.0 Å². The molecule has 0 radical (unpaired) electrons. The number of amides is 1. The molecule has 1 aromatic heterocycles.